The highest BCUT2D eigenvalue weighted by Gasteiger charge is 2.00. The standard InChI is InChI=1S/C17H24O4/c1-2-3-4-5-6-7-12-21-17(20)11-9-14-8-10-15(18)16(19)13-14/h8-11,13,18-19H,2-7,12H2,1H3. The molecule has 4 nitrogen and oxygen atoms in total. The van der Waals surface area contributed by atoms with Gasteiger partial charge < -0.3 is 14.9 Å². The van der Waals surface area contributed by atoms with E-state index in [2.05, 4.69) is 6.92 Å². The van der Waals surface area contributed by atoms with Crippen molar-refractivity contribution in [3.8, 4) is 11.5 Å². The first-order valence-corrected chi connectivity index (χ1v) is 7.50. The smallest absolute Gasteiger partial charge is 0.330 e. The van der Waals surface area contributed by atoms with Crippen LogP contribution >= 0.6 is 0 Å². The van der Waals surface area contributed by atoms with Crippen molar-refractivity contribution in [1.82, 2.24) is 0 Å². The lowest BCUT2D eigenvalue weighted by molar-refractivity contribution is -0.137. The Hall–Kier alpha value is -1.97. The van der Waals surface area contributed by atoms with Gasteiger partial charge in [0.15, 0.2) is 11.5 Å². The molecule has 1 rings (SSSR count). The maximum absolute atomic E-state index is 11.5. The van der Waals surface area contributed by atoms with Gasteiger partial charge in [-0.25, -0.2) is 4.79 Å². The molecule has 0 saturated carbocycles. The van der Waals surface area contributed by atoms with Gasteiger partial charge in [-0.05, 0) is 30.2 Å². The topological polar surface area (TPSA) is 66.8 Å². The molecular weight excluding hydrogens is 268 g/mol. The van der Waals surface area contributed by atoms with Crippen molar-refractivity contribution < 1.29 is 19.7 Å². The molecule has 0 unspecified atom stereocenters. The molecule has 116 valence electrons. The number of carbonyl (C=O) groups is 1. The number of rotatable bonds is 9. The van der Waals surface area contributed by atoms with E-state index in [4.69, 9.17) is 4.74 Å². The molecule has 21 heavy (non-hydrogen) atoms. The summed E-state index contributed by atoms with van der Waals surface area (Å²) < 4.78 is 5.09. The Morgan fingerprint density at radius 2 is 1.81 bits per heavy atom. The summed E-state index contributed by atoms with van der Waals surface area (Å²) in [6.07, 6.45) is 9.77. The molecular formula is C17H24O4. The fourth-order valence-electron chi connectivity index (χ4n) is 1.91. The van der Waals surface area contributed by atoms with Gasteiger partial charge in [-0.3, -0.25) is 0 Å². The zero-order valence-electron chi connectivity index (χ0n) is 12.5. The average Bonchev–Trinajstić information content (AvgIpc) is 2.47. The summed E-state index contributed by atoms with van der Waals surface area (Å²) in [7, 11) is 0. The molecule has 0 amide bonds. The summed E-state index contributed by atoms with van der Waals surface area (Å²) in [5, 5.41) is 18.5. The highest BCUT2D eigenvalue weighted by molar-refractivity contribution is 5.87. The molecule has 0 bridgehead atoms. The molecule has 1 aromatic carbocycles. The molecule has 0 heterocycles. The third kappa shape index (κ3) is 7.40. The van der Waals surface area contributed by atoms with Crippen molar-refractivity contribution >= 4 is 12.0 Å². The van der Waals surface area contributed by atoms with Crippen LogP contribution in [0.15, 0.2) is 24.3 Å². The lowest BCUT2D eigenvalue weighted by Crippen LogP contribution is -2.02. The van der Waals surface area contributed by atoms with Crippen molar-refractivity contribution in [1.29, 1.82) is 0 Å². The lowest BCUT2D eigenvalue weighted by atomic mass is 10.1. The summed E-state index contributed by atoms with van der Waals surface area (Å²) in [5.74, 6) is -0.786. The highest BCUT2D eigenvalue weighted by atomic mass is 16.5. The number of esters is 1. The first kappa shape index (κ1) is 17.1. The van der Waals surface area contributed by atoms with Crippen molar-refractivity contribution in [2.75, 3.05) is 6.61 Å². The van der Waals surface area contributed by atoms with Crippen molar-refractivity contribution in [3.05, 3.63) is 29.8 Å². The molecule has 0 fully saturated rings. The summed E-state index contributed by atoms with van der Waals surface area (Å²) in [5.41, 5.74) is 0.627. The van der Waals surface area contributed by atoms with Gasteiger partial charge in [0.05, 0.1) is 6.61 Å². The van der Waals surface area contributed by atoms with Crippen LogP contribution < -0.4 is 0 Å². The van der Waals surface area contributed by atoms with Crippen LogP contribution in [0.4, 0.5) is 0 Å². The molecule has 0 saturated heterocycles. The van der Waals surface area contributed by atoms with Gasteiger partial charge >= 0.3 is 5.97 Å². The van der Waals surface area contributed by atoms with E-state index >= 15 is 0 Å². The Kier molecular flexibility index (Phi) is 8.02. The normalized spacial score (nSPS) is 10.9. The molecule has 0 aliphatic carbocycles. The minimum Gasteiger partial charge on any atom is -0.504 e. The molecule has 4 heteroatoms. The first-order valence-electron chi connectivity index (χ1n) is 7.50. The van der Waals surface area contributed by atoms with Crippen LogP contribution in [0.3, 0.4) is 0 Å². The Labute approximate surface area is 126 Å². The molecule has 0 radical (unpaired) electrons. The molecule has 2 N–H and O–H groups in total. The minimum atomic E-state index is -0.392. The zero-order valence-corrected chi connectivity index (χ0v) is 12.5. The number of ether oxygens (including phenoxy) is 1. The number of phenolic OH excluding ortho intramolecular Hbond substituents is 2. The van der Waals surface area contributed by atoms with Gasteiger partial charge in [0.25, 0.3) is 0 Å². The Bertz CT molecular complexity index is 466. The summed E-state index contributed by atoms with van der Waals surface area (Å²) >= 11 is 0. The van der Waals surface area contributed by atoms with Crippen LogP contribution in [0.5, 0.6) is 11.5 Å². The van der Waals surface area contributed by atoms with Crippen molar-refractivity contribution in [3.63, 3.8) is 0 Å². The first-order chi connectivity index (χ1) is 10.1. The van der Waals surface area contributed by atoms with Crippen LogP contribution in [-0.2, 0) is 9.53 Å². The summed E-state index contributed by atoms with van der Waals surface area (Å²) in [6, 6.07) is 4.36. The van der Waals surface area contributed by atoms with E-state index in [0.29, 0.717) is 12.2 Å². The summed E-state index contributed by atoms with van der Waals surface area (Å²) in [6.45, 7) is 2.62. The minimum absolute atomic E-state index is 0.183. The number of carbonyl (C=O) groups excluding carboxylic acids is 1. The predicted octanol–water partition coefficient (Wildman–Crippen LogP) is 4.01. The van der Waals surface area contributed by atoms with Gasteiger partial charge in [0, 0.05) is 6.08 Å². The number of aromatic hydroxyl groups is 2. The van der Waals surface area contributed by atoms with Crippen LogP contribution in [0.1, 0.15) is 51.0 Å². The fourth-order valence-corrected chi connectivity index (χ4v) is 1.91. The third-order valence-electron chi connectivity index (χ3n) is 3.15. The average molecular weight is 292 g/mol. The Morgan fingerprint density at radius 3 is 2.52 bits per heavy atom. The maximum Gasteiger partial charge on any atom is 0.330 e. The maximum atomic E-state index is 11.5. The van der Waals surface area contributed by atoms with Gasteiger partial charge in [0.1, 0.15) is 0 Å². The van der Waals surface area contributed by atoms with E-state index < -0.39 is 5.97 Å². The fraction of sp³-hybridized carbons (Fsp3) is 0.471. The summed E-state index contributed by atoms with van der Waals surface area (Å²) in [4.78, 5) is 11.5. The van der Waals surface area contributed by atoms with Gasteiger partial charge in [-0.1, -0.05) is 45.1 Å². The number of unbranched alkanes of at least 4 members (excludes halogenated alkanes) is 5. The van der Waals surface area contributed by atoms with Gasteiger partial charge in [-0.15, -0.1) is 0 Å². The van der Waals surface area contributed by atoms with E-state index in [1.54, 1.807) is 12.1 Å². The van der Waals surface area contributed by atoms with Crippen LogP contribution in [0, 0.1) is 0 Å². The Morgan fingerprint density at radius 1 is 1.10 bits per heavy atom. The molecule has 0 aromatic heterocycles. The Balaban J connectivity index is 2.21. The molecule has 0 aliphatic heterocycles. The zero-order chi connectivity index (χ0) is 15.5. The molecule has 1 aromatic rings. The van der Waals surface area contributed by atoms with E-state index in [9.17, 15) is 15.0 Å². The third-order valence-corrected chi connectivity index (χ3v) is 3.15. The highest BCUT2D eigenvalue weighted by Crippen LogP contribution is 2.25. The second kappa shape index (κ2) is 9.86. The lowest BCUT2D eigenvalue weighted by Gasteiger charge is -2.02. The number of hydrogen-bond donors (Lipinski definition) is 2. The SMILES string of the molecule is CCCCCCCCOC(=O)C=Cc1ccc(O)c(O)c1. The van der Waals surface area contributed by atoms with Crippen LogP contribution in [0.2, 0.25) is 0 Å². The van der Waals surface area contributed by atoms with E-state index in [1.165, 1.54) is 43.9 Å². The van der Waals surface area contributed by atoms with Crippen LogP contribution in [0.25, 0.3) is 6.08 Å². The molecule has 0 spiro atoms. The second-order valence-electron chi connectivity index (χ2n) is 5.02. The van der Waals surface area contributed by atoms with Crippen molar-refractivity contribution in [2.45, 2.75) is 45.4 Å². The van der Waals surface area contributed by atoms with Gasteiger partial charge in [0.2, 0.25) is 0 Å². The van der Waals surface area contributed by atoms with Gasteiger partial charge in [-0.2, -0.15) is 0 Å². The van der Waals surface area contributed by atoms with Crippen LogP contribution in [-0.4, -0.2) is 22.8 Å². The monoisotopic (exact) mass is 292 g/mol. The molecule has 0 aliphatic rings. The number of benzene rings is 1. The largest absolute Gasteiger partial charge is 0.504 e. The quantitative estimate of drug-likeness (QED) is 0.312. The van der Waals surface area contributed by atoms with E-state index in [1.807, 2.05) is 0 Å². The molecule has 0 atom stereocenters. The second-order valence-corrected chi connectivity index (χ2v) is 5.02. The number of phenols is 2. The van der Waals surface area contributed by atoms with E-state index in [-0.39, 0.29) is 11.5 Å². The van der Waals surface area contributed by atoms with Crippen molar-refractivity contribution in [2.24, 2.45) is 0 Å². The van der Waals surface area contributed by atoms with E-state index in [0.717, 1.165) is 12.8 Å². The predicted molar refractivity (Wildman–Crippen MR) is 83.1 cm³/mol. The number of hydrogen-bond acceptors (Lipinski definition) is 4.